The summed E-state index contributed by atoms with van der Waals surface area (Å²) in [6.07, 6.45) is 6.83. The van der Waals surface area contributed by atoms with Crippen molar-refractivity contribution in [3.8, 4) is 0 Å². The molecule has 0 heterocycles. The lowest BCUT2D eigenvalue weighted by Gasteiger charge is -2.54. The van der Waals surface area contributed by atoms with Crippen molar-refractivity contribution in [2.24, 2.45) is 28.6 Å². The van der Waals surface area contributed by atoms with Gasteiger partial charge in [0.25, 0.3) is 0 Å². The Morgan fingerprint density at radius 2 is 1.97 bits per heavy atom. The summed E-state index contributed by atoms with van der Waals surface area (Å²) in [5.74, 6) is -1.80. The number of halogens is 1. The van der Waals surface area contributed by atoms with Gasteiger partial charge in [0.2, 0.25) is 5.78 Å². The van der Waals surface area contributed by atoms with Gasteiger partial charge in [-0.25, -0.2) is 4.39 Å². The van der Waals surface area contributed by atoms with Crippen LogP contribution in [0.1, 0.15) is 47.0 Å². The van der Waals surface area contributed by atoms with Crippen molar-refractivity contribution in [1.29, 1.82) is 0 Å². The van der Waals surface area contributed by atoms with Gasteiger partial charge in [0.15, 0.2) is 12.4 Å². The maximum atomic E-state index is 15.3. The molecule has 2 unspecified atom stereocenters. The minimum Gasteiger partial charge on any atom is -0.458 e. The second kappa shape index (κ2) is 6.71. The number of hydrogen-bond donors (Lipinski definition) is 1. The number of aliphatic hydroxyl groups is 1. The topological polar surface area (TPSA) is 80.7 Å². The number of ketones is 2. The standard InChI is InChI=1S/C24H29FO5/c1-13-9-18-16-11-20(25)19-10-15(27)5-7-22(19,3)17(16)6-8-23(18,4)24(13,29)21(28)12-30-14(2)26/h5-7,10,13,16,18,20,29H,8-9,11-12H2,1-4H3/t13?,16-,18+,20?,22-,23+,24+/m1/s1. The number of Topliss-reactive ketones (excluding diaryl/α,β-unsaturated/α-hetero) is 1. The van der Waals surface area contributed by atoms with E-state index in [-0.39, 0.29) is 30.0 Å². The number of esters is 1. The van der Waals surface area contributed by atoms with Gasteiger partial charge >= 0.3 is 5.97 Å². The third-order valence-electron chi connectivity index (χ3n) is 8.35. The van der Waals surface area contributed by atoms with E-state index in [1.54, 1.807) is 6.08 Å². The molecule has 4 rings (SSSR count). The molecule has 30 heavy (non-hydrogen) atoms. The molecule has 0 spiro atoms. The molecule has 0 aromatic carbocycles. The van der Waals surface area contributed by atoms with Gasteiger partial charge in [0, 0.05) is 17.8 Å². The monoisotopic (exact) mass is 416 g/mol. The quantitative estimate of drug-likeness (QED) is 0.564. The molecule has 0 bridgehead atoms. The largest absolute Gasteiger partial charge is 0.458 e. The molecule has 0 aromatic rings. The van der Waals surface area contributed by atoms with Gasteiger partial charge < -0.3 is 9.84 Å². The van der Waals surface area contributed by atoms with Gasteiger partial charge in [-0.2, -0.15) is 0 Å². The van der Waals surface area contributed by atoms with Crippen molar-refractivity contribution < 1.29 is 28.6 Å². The van der Waals surface area contributed by atoms with Gasteiger partial charge in [-0.1, -0.05) is 31.6 Å². The van der Waals surface area contributed by atoms with E-state index >= 15 is 4.39 Å². The van der Waals surface area contributed by atoms with Gasteiger partial charge in [-0.15, -0.1) is 0 Å². The van der Waals surface area contributed by atoms with E-state index in [2.05, 4.69) is 0 Å². The summed E-state index contributed by atoms with van der Waals surface area (Å²) in [5.41, 5.74) is -1.48. The average Bonchev–Trinajstić information content (AvgIpc) is 2.89. The molecule has 0 saturated heterocycles. The fraction of sp³-hybridized carbons (Fsp3) is 0.625. The number of rotatable bonds is 3. The van der Waals surface area contributed by atoms with Crippen molar-refractivity contribution >= 4 is 17.5 Å². The Bertz CT molecular complexity index is 917. The summed E-state index contributed by atoms with van der Waals surface area (Å²) in [5, 5.41) is 11.6. The molecule has 4 aliphatic carbocycles. The maximum absolute atomic E-state index is 15.3. The lowest BCUT2D eigenvalue weighted by Crippen LogP contribution is -2.58. The van der Waals surface area contributed by atoms with E-state index in [9.17, 15) is 19.5 Å². The van der Waals surface area contributed by atoms with Crippen molar-refractivity contribution in [3.05, 3.63) is 35.5 Å². The van der Waals surface area contributed by atoms with Crippen LogP contribution in [0.25, 0.3) is 0 Å². The first-order valence-electron chi connectivity index (χ1n) is 10.6. The zero-order chi connectivity index (χ0) is 22.1. The van der Waals surface area contributed by atoms with Crippen LogP contribution in [-0.2, 0) is 19.1 Å². The van der Waals surface area contributed by atoms with Crippen LogP contribution >= 0.6 is 0 Å². The Hall–Kier alpha value is -2.08. The number of hydrogen-bond acceptors (Lipinski definition) is 5. The van der Waals surface area contributed by atoms with Crippen molar-refractivity contribution in [1.82, 2.24) is 0 Å². The molecular weight excluding hydrogens is 387 g/mol. The fourth-order valence-electron chi connectivity index (χ4n) is 6.75. The molecule has 0 radical (unpaired) electrons. The molecular formula is C24H29FO5. The summed E-state index contributed by atoms with van der Waals surface area (Å²) in [7, 11) is 0. The van der Waals surface area contributed by atoms with E-state index in [1.165, 1.54) is 19.1 Å². The molecule has 1 N–H and O–H groups in total. The fourth-order valence-corrected chi connectivity index (χ4v) is 6.75. The van der Waals surface area contributed by atoms with Crippen LogP contribution in [0, 0.1) is 28.6 Å². The Morgan fingerprint density at radius 3 is 2.63 bits per heavy atom. The molecule has 2 saturated carbocycles. The van der Waals surface area contributed by atoms with Crippen LogP contribution in [0.4, 0.5) is 4.39 Å². The Balaban J connectivity index is 1.74. The molecule has 0 amide bonds. The zero-order valence-corrected chi connectivity index (χ0v) is 17.9. The van der Waals surface area contributed by atoms with Crippen LogP contribution in [0.2, 0.25) is 0 Å². The molecule has 162 valence electrons. The third kappa shape index (κ3) is 2.65. The predicted molar refractivity (Wildman–Crippen MR) is 108 cm³/mol. The van der Waals surface area contributed by atoms with Gasteiger partial charge in [0.1, 0.15) is 11.8 Å². The summed E-state index contributed by atoms with van der Waals surface area (Å²) in [6.45, 7) is 6.47. The van der Waals surface area contributed by atoms with Crippen LogP contribution in [0.3, 0.4) is 0 Å². The molecule has 7 atom stereocenters. The first-order chi connectivity index (χ1) is 13.9. The van der Waals surface area contributed by atoms with E-state index in [4.69, 9.17) is 4.74 Å². The van der Waals surface area contributed by atoms with Gasteiger partial charge in [0.05, 0.1) is 0 Å². The molecule has 2 fully saturated rings. The van der Waals surface area contributed by atoms with E-state index in [1.807, 2.05) is 26.8 Å². The van der Waals surface area contributed by atoms with E-state index < -0.39 is 41.0 Å². The molecule has 4 aliphatic rings. The minimum atomic E-state index is -1.64. The van der Waals surface area contributed by atoms with Crippen LogP contribution in [-0.4, -0.2) is 41.0 Å². The Labute approximate surface area is 176 Å². The second-order valence-corrected chi connectivity index (χ2v) is 9.84. The molecule has 6 heteroatoms. The van der Waals surface area contributed by atoms with Gasteiger partial charge in [-0.3, -0.25) is 14.4 Å². The van der Waals surface area contributed by atoms with Crippen molar-refractivity contribution in [2.75, 3.05) is 6.61 Å². The molecule has 0 aliphatic heterocycles. The van der Waals surface area contributed by atoms with Crippen molar-refractivity contribution in [3.63, 3.8) is 0 Å². The number of carbonyl (C=O) groups is 3. The lowest BCUT2D eigenvalue weighted by atomic mass is 9.51. The van der Waals surface area contributed by atoms with E-state index in [0.29, 0.717) is 18.4 Å². The van der Waals surface area contributed by atoms with Crippen LogP contribution < -0.4 is 0 Å². The number of allylic oxidation sites excluding steroid dienone is 6. The van der Waals surface area contributed by atoms with Crippen LogP contribution in [0.15, 0.2) is 35.5 Å². The SMILES string of the molecule is CC(=O)OCC(=O)[C@@]1(O)C(C)C[C@H]2[C@@H]3CC(F)C4=CC(=O)C=C[C@]4(C)C3=CC[C@@]21C. The Morgan fingerprint density at radius 1 is 1.27 bits per heavy atom. The highest BCUT2D eigenvalue weighted by Crippen LogP contribution is 2.66. The summed E-state index contributed by atoms with van der Waals surface area (Å²) in [4.78, 5) is 36.1. The average molecular weight is 416 g/mol. The first-order valence-corrected chi connectivity index (χ1v) is 10.6. The highest BCUT2D eigenvalue weighted by Gasteiger charge is 2.67. The zero-order valence-electron chi connectivity index (χ0n) is 17.9. The predicted octanol–water partition coefficient (Wildman–Crippen LogP) is 3.27. The Kier molecular flexibility index (Phi) is 4.73. The lowest BCUT2D eigenvalue weighted by molar-refractivity contribution is -0.167. The minimum absolute atomic E-state index is 0.0820. The second-order valence-electron chi connectivity index (χ2n) is 9.84. The van der Waals surface area contributed by atoms with Crippen LogP contribution in [0.5, 0.6) is 0 Å². The summed E-state index contributed by atoms with van der Waals surface area (Å²) < 4.78 is 20.2. The summed E-state index contributed by atoms with van der Waals surface area (Å²) >= 11 is 0. The van der Waals surface area contributed by atoms with Gasteiger partial charge in [-0.05, 0) is 61.7 Å². The first kappa shape index (κ1) is 21.2. The highest BCUT2D eigenvalue weighted by atomic mass is 19.1. The third-order valence-corrected chi connectivity index (χ3v) is 8.35. The molecule has 5 nitrogen and oxygen atoms in total. The number of alkyl halides is 1. The smallest absolute Gasteiger partial charge is 0.303 e. The maximum Gasteiger partial charge on any atom is 0.303 e. The number of carbonyl (C=O) groups excluding carboxylic acids is 3. The highest BCUT2D eigenvalue weighted by molar-refractivity contribution is 6.01. The number of fused-ring (bicyclic) bond motifs is 5. The molecule has 0 aromatic heterocycles. The summed E-state index contributed by atoms with van der Waals surface area (Å²) in [6, 6.07) is 0. The van der Waals surface area contributed by atoms with Crippen molar-refractivity contribution in [2.45, 2.75) is 58.7 Å². The van der Waals surface area contributed by atoms with E-state index in [0.717, 1.165) is 5.57 Å². The number of ether oxygens (including phenoxy) is 1. The normalized spacial score (nSPS) is 44.4.